The molecule has 0 spiro atoms. The van der Waals surface area contributed by atoms with Crippen molar-refractivity contribution in [2.45, 2.75) is 19.4 Å². The number of hydrogen-bond donors (Lipinski definition) is 2. The molecule has 13 heavy (non-hydrogen) atoms. The van der Waals surface area contributed by atoms with Gasteiger partial charge in [-0.25, -0.2) is 4.98 Å². The Kier molecular flexibility index (Phi) is 2.02. The second kappa shape index (κ2) is 3.18. The number of H-pyrrole nitrogens is 1. The van der Waals surface area contributed by atoms with Gasteiger partial charge in [0.15, 0.2) is 0 Å². The van der Waals surface area contributed by atoms with Crippen molar-refractivity contribution in [2.75, 3.05) is 0 Å². The minimum absolute atomic E-state index is 0.104. The number of rotatable bonds is 2. The summed E-state index contributed by atoms with van der Waals surface area (Å²) >= 11 is 0. The molecule has 0 saturated heterocycles. The third-order valence-electron chi connectivity index (χ3n) is 2.29. The second-order valence-electron chi connectivity index (χ2n) is 3.20. The third-order valence-corrected chi connectivity index (χ3v) is 2.29. The zero-order chi connectivity index (χ0) is 9.26. The molecule has 1 atom stereocenters. The van der Waals surface area contributed by atoms with Crippen molar-refractivity contribution in [1.29, 1.82) is 0 Å². The van der Waals surface area contributed by atoms with E-state index in [1.165, 1.54) is 0 Å². The highest BCUT2D eigenvalue weighted by atomic mass is 14.8. The van der Waals surface area contributed by atoms with E-state index in [2.05, 4.69) is 23.0 Å². The van der Waals surface area contributed by atoms with Gasteiger partial charge in [0, 0.05) is 23.8 Å². The van der Waals surface area contributed by atoms with Crippen LogP contribution in [0.25, 0.3) is 11.0 Å². The molecule has 68 valence electrons. The normalized spacial score (nSPS) is 13.4. The van der Waals surface area contributed by atoms with E-state index in [0.717, 1.165) is 23.0 Å². The molecule has 2 heterocycles. The Morgan fingerprint density at radius 1 is 1.62 bits per heavy atom. The lowest BCUT2D eigenvalue weighted by Gasteiger charge is -2.07. The van der Waals surface area contributed by atoms with Gasteiger partial charge in [-0.05, 0) is 24.1 Å². The molecule has 3 heteroatoms. The van der Waals surface area contributed by atoms with E-state index >= 15 is 0 Å². The van der Waals surface area contributed by atoms with Crippen LogP contribution in [0.5, 0.6) is 0 Å². The van der Waals surface area contributed by atoms with Gasteiger partial charge < -0.3 is 10.7 Å². The van der Waals surface area contributed by atoms with Crippen LogP contribution in [-0.2, 0) is 0 Å². The van der Waals surface area contributed by atoms with Crippen molar-refractivity contribution >= 4 is 11.0 Å². The maximum absolute atomic E-state index is 5.90. The van der Waals surface area contributed by atoms with Crippen LogP contribution in [-0.4, -0.2) is 9.97 Å². The average molecular weight is 175 g/mol. The monoisotopic (exact) mass is 175 g/mol. The summed E-state index contributed by atoms with van der Waals surface area (Å²) in [6.07, 6.45) is 4.67. The fourth-order valence-electron chi connectivity index (χ4n) is 1.40. The van der Waals surface area contributed by atoms with Crippen molar-refractivity contribution in [1.82, 2.24) is 9.97 Å². The Hall–Kier alpha value is -1.35. The average Bonchev–Trinajstić information content (AvgIpc) is 2.63. The number of fused-ring (bicyclic) bond motifs is 1. The molecular formula is C10H13N3. The van der Waals surface area contributed by atoms with Gasteiger partial charge in [-0.3, -0.25) is 0 Å². The number of pyridine rings is 1. The van der Waals surface area contributed by atoms with Crippen LogP contribution >= 0.6 is 0 Å². The van der Waals surface area contributed by atoms with Crippen molar-refractivity contribution in [3.63, 3.8) is 0 Å². The SMILES string of the molecule is CC[C@H](N)c1cnc2[nH]ccc2c1. The molecule has 0 aliphatic rings. The molecule has 0 saturated carbocycles. The van der Waals surface area contributed by atoms with E-state index in [-0.39, 0.29) is 6.04 Å². The third kappa shape index (κ3) is 1.42. The fourth-order valence-corrected chi connectivity index (χ4v) is 1.40. The number of nitrogens with two attached hydrogens (primary N) is 1. The van der Waals surface area contributed by atoms with E-state index in [0.29, 0.717) is 0 Å². The lowest BCUT2D eigenvalue weighted by Crippen LogP contribution is -2.08. The lowest BCUT2D eigenvalue weighted by molar-refractivity contribution is 0.697. The Bertz CT molecular complexity index is 405. The molecule has 0 amide bonds. The van der Waals surface area contributed by atoms with Crippen LogP contribution in [0.1, 0.15) is 24.9 Å². The number of aromatic nitrogens is 2. The molecule has 0 unspecified atom stereocenters. The topological polar surface area (TPSA) is 54.7 Å². The highest BCUT2D eigenvalue weighted by molar-refractivity contribution is 5.75. The van der Waals surface area contributed by atoms with Crippen LogP contribution in [0.2, 0.25) is 0 Å². The summed E-state index contributed by atoms with van der Waals surface area (Å²) in [4.78, 5) is 7.33. The van der Waals surface area contributed by atoms with E-state index in [9.17, 15) is 0 Å². The first kappa shape index (κ1) is 8.26. The summed E-state index contributed by atoms with van der Waals surface area (Å²) < 4.78 is 0. The van der Waals surface area contributed by atoms with Crippen LogP contribution in [0, 0.1) is 0 Å². The zero-order valence-electron chi connectivity index (χ0n) is 7.62. The predicted molar refractivity (Wildman–Crippen MR) is 53.3 cm³/mol. The molecule has 2 aromatic heterocycles. The summed E-state index contributed by atoms with van der Waals surface area (Å²) in [7, 11) is 0. The highest BCUT2D eigenvalue weighted by Gasteiger charge is 2.04. The summed E-state index contributed by atoms with van der Waals surface area (Å²) in [5.41, 5.74) is 7.93. The summed E-state index contributed by atoms with van der Waals surface area (Å²) in [6, 6.07) is 4.20. The predicted octanol–water partition coefficient (Wildman–Crippen LogP) is 1.97. The molecule has 3 N–H and O–H groups in total. The van der Waals surface area contributed by atoms with Gasteiger partial charge in [0.25, 0.3) is 0 Å². The number of nitrogens with zero attached hydrogens (tertiary/aromatic N) is 1. The maximum atomic E-state index is 5.90. The van der Waals surface area contributed by atoms with Crippen molar-refractivity contribution in [2.24, 2.45) is 5.73 Å². The van der Waals surface area contributed by atoms with E-state index in [4.69, 9.17) is 5.73 Å². The van der Waals surface area contributed by atoms with Gasteiger partial charge in [-0.2, -0.15) is 0 Å². The fraction of sp³-hybridized carbons (Fsp3) is 0.300. The quantitative estimate of drug-likeness (QED) is 0.733. The number of aromatic amines is 1. The van der Waals surface area contributed by atoms with Crippen LogP contribution in [0.4, 0.5) is 0 Å². The molecule has 0 aliphatic heterocycles. The minimum atomic E-state index is 0.104. The number of nitrogens with one attached hydrogen (secondary N) is 1. The summed E-state index contributed by atoms with van der Waals surface area (Å²) in [6.45, 7) is 2.08. The van der Waals surface area contributed by atoms with Crippen molar-refractivity contribution in [3.8, 4) is 0 Å². The Labute approximate surface area is 77.0 Å². The van der Waals surface area contributed by atoms with Crippen LogP contribution in [0.15, 0.2) is 24.5 Å². The maximum Gasteiger partial charge on any atom is 0.137 e. The van der Waals surface area contributed by atoms with E-state index in [1.807, 2.05) is 18.5 Å². The first-order valence-corrected chi connectivity index (χ1v) is 4.50. The summed E-state index contributed by atoms with van der Waals surface area (Å²) in [5, 5.41) is 1.13. The first-order chi connectivity index (χ1) is 6.31. The first-order valence-electron chi connectivity index (χ1n) is 4.50. The molecular weight excluding hydrogens is 162 g/mol. The Morgan fingerprint density at radius 2 is 2.46 bits per heavy atom. The molecule has 0 aliphatic carbocycles. The smallest absolute Gasteiger partial charge is 0.137 e. The van der Waals surface area contributed by atoms with Gasteiger partial charge in [0.05, 0.1) is 0 Å². The van der Waals surface area contributed by atoms with Gasteiger partial charge in [0.2, 0.25) is 0 Å². The molecule has 2 rings (SSSR count). The number of hydrogen-bond acceptors (Lipinski definition) is 2. The van der Waals surface area contributed by atoms with Crippen molar-refractivity contribution in [3.05, 3.63) is 30.1 Å². The van der Waals surface area contributed by atoms with E-state index in [1.54, 1.807) is 0 Å². The van der Waals surface area contributed by atoms with Crippen LogP contribution < -0.4 is 5.73 Å². The summed E-state index contributed by atoms with van der Waals surface area (Å²) in [5.74, 6) is 0. The van der Waals surface area contributed by atoms with Gasteiger partial charge in [0.1, 0.15) is 5.65 Å². The minimum Gasteiger partial charge on any atom is -0.346 e. The highest BCUT2D eigenvalue weighted by Crippen LogP contribution is 2.17. The van der Waals surface area contributed by atoms with Crippen molar-refractivity contribution < 1.29 is 0 Å². The van der Waals surface area contributed by atoms with Crippen LogP contribution in [0.3, 0.4) is 0 Å². The van der Waals surface area contributed by atoms with Gasteiger partial charge in [-0.15, -0.1) is 0 Å². The second-order valence-corrected chi connectivity index (χ2v) is 3.20. The largest absolute Gasteiger partial charge is 0.346 e. The Morgan fingerprint density at radius 3 is 3.23 bits per heavy atom. The van der Waals surface area contributed by atoms with Gasteiger partial charge in [-0.1, -0.05) is 6.92 Å². The molecule has 0 bridgehead atoms. The molecule has 3 nitrogen and oxygen atoms in total. The zero-order valence-corrected chi connectivity index (χ0v) is 7.62. The van der Waals surface area contributed by atoms with E-state index < -0.39 is 0 Å². The van der Waals surface area contributed by atoms with Gasteiger partial charge >= 0.3 is 0 Å². The molecule has 0 aromatic carbocycles. The Balaban J connectivity index is 2.48. The molecule has 0 fully saturated rings. The molecule has 0 radical (unpaired) electrons. The standard InChI is InChI=1S/C10H13N3/c1-2-9(11)8-5-7-3-4-12-10(7)13-6-8/h3-6,9H,2,11H2,1H3,(H,12,13)/t9-/m0/s1. The molecule has 2 aromatic rings. The lowest BCUT2D eigenvalue weighted by atomic mass is 10.1.